The van der Waals surface area contributed by atoms with E-state index in [0.717, 1.165) is 11.8 Å². The first-order chi connectivity index (χ1) is 5.06. The maximum atomic E-state index is 3.27. The average molecular weight is 157 g/mol. The van der Waals surface area contributed by atoms with Crippen LogP contribution < -0.4 is 5.32 Å². The van der Waals surface area contributed by atoms with Gasteiger partial charge in [0, 0.05) is 6.04 Å². The molecule has 0 radical (unpaired) electrons. The summed E-state index contributed by atoms with van der Waals surface area (Å²) in [7, 11) is 2.03. The topological polar surface area (TPSA) is 12.0 Å². The monoisotopic (exact) mass is 157 g/mol. The van der Waals surface area contributed by atoms with Gasteiger partial charge in [0.15, 0.2) is 0 Å². The van der Waals surface area contributed by atoms with Crippen LogP contribution in [0.3, 0.4) is 0 Å². The first-order valence-corrected chi connectivity index (χ1v) is 4.73. The minimum Gasteiger partial charge on any atom is -0.317 e. The van der Waals surface area contributed by atoms with Gasteiger partial charge in [0.25, 0.3) is 0 Å². The largest absolute Gasteiger partial charge is 0.317 e. The fourth-order valence-corrected chi connectivity index (χ4v) is 1.62. The van der Waals surface area contributed by atoms with Crippen LogP contribution in [0.2, 0.25) is 0 Å². The lowest BCUT2D eigenvalue weighted by Crippen LogP contribution is -2.23. The maximum Gasteiger partial charge on any atom is 0.00382 e. The van der Waals surface area contributed by atoms with Crippen molar-refractivity contribution in [2.75, 3.05) is 7.05 Å². The highest BCUT2D eigenvalue weighted by molar-refractivity contribution is 4.64. The highest BCUT2D eigenvalue weighted by atomic mass is 14.8. The Balaban J connectivity index is 3.43. The molecule has 11 heavy (non-hydrogen) atoms. The Bertz CT molecular complexity index is 88.9. The zero-order valence-corrected chi connectivity index (χ0v) is 8.65. The molecule has 0 heterocycles. The average Bonchev–Trinajstić information content (AvgIpc) is 1.85. The molecule has 0 aromatic heterocycles. The molecular formula is C10H23N. The first-order valence-electron chi connectivity index (χ1n) is 4.73. The summed E-state index contributed by atoms with van der Waals surface area (Å²) in [5, 5.41) is 3.27. The molecule has 0 aliphatic carbocycles. The standard InChI is InChI=1S/C10H23N/c1-8(2)6-9(3)7-10(4)11-5/h8-11H,6-7H2,1-5H3. The van der Waals surface area contributed by atoms with Crippen LogP contribution in [0.5, 0.6) is 0 Å². The molecule has 0 aliphatic heterocycles. The second-order valence-corrected chi connectivity index (χ2v) is 4.16. The van der Waals surface area contributed by atoms with E-state index in [0.29, 0.717) is 6.04 Å². The predicted molar refractivity (Wildman–Crippen MR) is 51.8 cm³/mol. The summed E-state index contributed by atoms with van der Waals surface area (Å²) in [5.41, 5.74) is 0. The molecule has 0 saturated carbocycles. The Kier molecular flexibility index (Phi) is 5.57. The molecular weight excluding hydrogens is 134 g/mol. The minimum atomic E-state index is 0.670. The molecule has 0 saturated heterocycles. The number of rotatable bonds is 5. The Morgan fingerprint density at radius 1 is 1.00 bits per heavy atom. The van der Waals surface area contributed by atoms with Crippen LogP contribution in [-0.2, 0) is 0 Å². The Labute approximate surface area is 71.6 Å². The Morgan fingerprint density at radius 3 is 1.91 bits per heavy atom. The molecule has 0 fully saturated rings. The van der Waals surface area contributed by atoms with E-state index in [4.69, 9.17) is 0 Å². The number of hydrogen-bond donors (Lipinski definition) is 1. The second kappa shape index (κ2) is 5.59. The van der Waals surface area contributed by atoms with Crippen molar-refractivity contribution >= 4 is 0 Å². The van der Waals surface area contributed by atoms with E-state index < -0.39 is 0 Å². The lowest BCUT2D eigenvalue weighted by Gasteiger charge is -2.18. The summed E-state index contributed by atoms with van der Waals surface area (Å²) in [6.45, 7) is 9.17. The molecule has 0 aromatic carbocycles. The molecule has 2 atom stereocenters. The van der Waals surface area contributed by atoms with Crippen molar-refractivity contribution in [3.05, 3.63) is 0 Å². The van der Waals surface area contributed by atoms with Gasteiger partial charge in [-0.1, -0.05) is 20.8 Å². The third-order valence-electron chi connectivity index (χ3n) is 2.12. The SMILES string of the molecule is CNC(C)CC(C)CC(C)C. The van der Waals surface area contributed by atoms with Crippen LogP contribution >= 0.6 is 0 Å². The highest BCUT2D eigenvalue weighted by Crippen LogP contribution is 2.15. The predicted octanol–water partition coefficient (Wildman–Crippen LogP) is 2.67. The van der Waals surface area contributed by atoms with E-state index in [-0.39, 0.29) is 0 Å². The van der Waals surface area contributed by atoms with Crippen LogP contribution in [0, 0.1) is 11.8 Å². The van der Waals surface area contributed by atoms with Crippen LogP contribution in [0.15, 0.2) is 0 Å². The van der Waals surface area contributed by atoms with E-state index >= 15 is 0 Å². The van der Waals surface area contributed by atoms with Gasteiger partial charge >= 0.3 is 0 Å². The van der Waals surface area contributed by atoms with Gasteiger partial charge in [0.05, 0.1) is 0 Å². The van der Waals surface area contributed by atoms with Gasteiger partial charge < -0.3 is 5.32 Å². The van der Waals surface area contributed by atoms with Crippen molar-refractivity contribution in [3.63, 3.8) is 0 Å². The molecule has 0 bridgehead atoms. The van der Waals surface area contributed by atoms with Crippen molar-refractivity contribution < 1.29 is 0 Å². The zero-order chi connectivity index (χ0) is 8.85. The van der Waals surface area contributed by atoms with Crippen LogP contribution in [0.4, 0.5) is 0 Å². The van der Waals surface area contributed by atoms with Gasteiger partial charge in [-0.25, -0.2) is 0 Å². The van der Waals surface area contributed by atoms with Crippen molar-refractivity contribution in [1.82, 2.24) is 5.32 Å². The third kappa shape index (κ3) is 6.36. The third-order valence-corrected chi connectivity index (χ3v) is 2.12. The summed E-state index contributed by atoms with van der Waals surface area (Å²) >= 11 is 0. The van der Waals surface area contributed by atoms with E-state index in [1.54, 1.807) is 0 Å². The molecule has 0 amide bonds. The summed E-state index contributed by atoms with van der Waals surface area (Å²) in [5.74, 6) is 1.70. The van der Waals surface area contributed by atoms with Crippen LogP contribution in [0.25, 0.3) is 0 Å². The second-order valence-electron chi connectivity index (χ2n) is 4.16. The Morgan fingerprint density at radius 2 is 1.55 bits per heavy atom. The molecule has 1 N–H and O–H groups in total. The van der Waals surface area contributed by atoms with Gasteiger partial charge in [0.1, 0.15) is 0 Å². The summed E-state index contributed by atoms with van der Waals surface area (Å²) in [6, 6.07) is 0.670. The molecule has 1 nitrogen and oxygen atoms in total. The molecule has 0 rings (SSSR count). The molecule has 0 aromatic rings. The van der Waals surface area contributed by atoms with Crippen molar-refractivity contribution in [1.29, 1.82) is 0 Å². The van der Waals surface area contributed by atoms with Gasteiger partial charge in [-0.05, 0) is 38.6 Å². The van der Waals surface area contributed by atoms with Crippen LogP contribution in [0.1, 0.15) is 40.5 Å². The zero-order valence-electron chi connectivity index (χ0n) is 8.65. The van der Waals surface area contributed by atoms with E-state index in [2.05, 4.69) is 33.0 Å². The fraction of sp³-hybridized carbons (Fsp3) is 1.00. The van der Waals surface area contributed by atoms with E-state index in [1.807, 2.05) is 7.05 Å². The van der Waals surface area contributed by atoms with Gasteiger partial charge in [-0.2, -0.15) is 0 Å². The van der Waals surface area contributed by atoms with Gasteiger partial charge in [-0.15, -0.1) is 0 Å². The van der Waals surface area contributed by atoms with Crippen LogP contribution in [-0.4, -0.2) is 13.1 Å². The molecule has 0 aliphatic rings. The smallest absolute Gasteiger partial charge is 0.00382 e. The van der Waals surface area contributed by atoms with E-state index in [1.165, 1.54) is 12.8 Å². The van der Waals surface area contributed by atoms with Crippen molar-refractivity contribution in [2.45, 2.75) is 46.6 Å². The minimum absolute atomic E-state index is 0.670. The maximum absolute atomic E-state index is 3.27. The Hall–Kier alpha value is -0.0400. The lowest BCUT2D eigenvalue weighted by atomic mass is 9.93. The highest BCUT2D eigenvalue weighted by Gasteiger charge is 2.08. The first kappa shape index (κ1) is 11.0. The summed E-state index contributed by atoms with van der Waals surface area (Å²) in [4.78, 5) is 0. The molecule has 1 heteroatoms. The summed E-state index contributed by atoms with van der Waals surface area (Å²) < 4.78 is 0. The van der Waals surface area contributed by atoms with E-state index in [9.17, 15) is 0 Å². The molecule has 68 valence electrons. The molecule has 0 spiro atoms. The number of hydrogen-bond acceptors (Lipinski definition) is 1. The van der Waals surface area contributed by atoms with Gasteiger partial charge in [-0.3, -0.25) is 0 Å². The molecule has 2 unspecified atom stereocenters. The van der Waals surface area contributed by atoms with Crippen molar-refractivity contribution in [2.24, 2.45) is 11.8 Å². The fourth-order valence-electron chi connectivity index (χ4n) is 1.62. The lowest BCUT2D eigenvalue weighted by molar-refractivity contribution is 0.373. The quantitative estimate of drug-likeness (QED) is 0.647. The normalized spacial score (nSPS) is 16.9. The van der Waals surface area contributed by atoms with Crippen molar-refractivity contribution in [3.8, 4) is 0 Å². The van der Waals surface area contributed by atoms with Gasteiger partial charge in [0.2, 0.25) is 0 Å². The number of nitrogens with one attached hydrogen (secondary N) is 1. The summed E-state index contributed by atoms with van der Waals surface area (Å²) in [6.07, 6.45) is 2.65.